The number of rotatable bonds is 2. The molecule has 0 amide bonds. The molecule has 1 saturated heterocycles. The number of amidine groups is 1. The van der Waals surface area contributed by atoms with Gasteiger partial charge < -0.3 is 15.1 Å². The SMILES string of the molecule is CNC1CCN(C2=NC(C)(C(C)(C)F)NO2)CC1. The summed E-state index contributed by atoms with van der Waals surface area (Å²) in [6, 6.07) is 1.07. The van der Waals surface area contributed by atoms with Crippen LogP contribution in [0.4, 0.5) is 4.39 Å². The Hall–Kier alpha value is -0.880. The molecule has 1 unspecified atom stereocenters. The van der Waals surface area contributed by atoms with E-state index in [0.717, 1.165) is 25.9 Å². The summed E-state index contributed by atoms with van der Waals surface area (Å²) in [4.78, 5) is 11.8. The van der Waals surface area contributed by atoms with Gasteiger partial charge in [-0.1, -0.05) is 0 Å². The monoisotopic (exact) mass is 258 g/mol. The van der Waals surface area contributed by atoms with Crippen molar-refractivity contribution in [2.45, 2.75) is 51.0 Å². The third kappa shape index (κ3) is 2.44. The molecule has 0 saturated carbocycles. The third-order valence-electron chi connectivity index (χ3n) is 3.99. The van der Waals surface area contributed by atoms with Crippen LogP contribution in [0, 0.1) is 0 Å². The average molecular weight is 258 g/mol. The fraction of sp³-hybridized carbons (Fsp3) is 0.917. The molecule has 0 spiro atoms. The van der Waals surface area contributed by atoms with Crippen molar-refractivity contribution in [3.8, 4) is 0 Å². The highest BCUT2D eigenvalue weighted by atomic mass is 19.1. The quantitative estimate of drug-likeness (QED) is 0.776. The van der Waals surface area contributed by atoms with Crippen molar-refractivity contribution in [1.29, 1.82) is 0 Å². The first-order chi connectivity index (χ1) is 8.36. The fourth-order valence-corrected chi connectivity index (χ4v) is 2.13. The minimum absolute atomic E-state index is 0.512. The van der Waals surface area contributed by atoms with Gasteiger partial charge in [0.05, 0.1) is 0 Å². The lowest BCUT2D eigenvalue weighted by molar-refractivity contribution is 0.0107. The van der Waals surface area contributed by atoms with E-state index in [4.69, 9.17) is 4.84 Å². The molecule has 0 bridgehead atoms. The van der Waals surface area contributed by atoms with Crippen LogP contribution >= 0.6 is 0 Å². The summed E-state index contributed by atoms with van der Waals surface area (Å²) in [5.74, 6) is 0. The van der Waals surface area contributed by atoms with Gasteiger partial charge in [0.2, 0.25) is 0 Å². The third-order valence-corrected chi connectivity index (χ3v) is 3.99. The molecule has 104 valence electrons. The lowest BCUT2D eigenvalue weighted by atomic mass is 9.96. The molecule has 0 aromatic rings. The van der Waals surface area contributed by atoms with Gasteiger partial charge in [0, 0.05) is 19.1 Å². The average Bonchev–Trinajstić information content (AvgIpc) is 2.73. The molecular weight excluding hydrogens is 235 g/mol. The molecule has 0 radical (unpaired) electrons. The molecule has 18 heavy (non-hydrogen) atoms. The number of likely N-dealkylation sites (tertiary alicyclic amines) is 1. The number of piperidine rings is 1. The Morgan fingerprint density at radius 1 is 1.50 bits per heavy atom. The molecule has 0 aromatic heterocycles. The van der Waals surface area contributed by atoms with E-state index in [2.05, 4.69) is 20.7 Å². The van der Waals surface area contributed by atoms with Crippen molar-refractivity contribution in [1.82, 2.24) is 15.7 Å². The number of hydroxylamine groups is 1. The van der Waals surface area contributed by atoms with Crippen molar-refractivity contribution in [3.63, 3.8) is 0 Å². The minimum atomic E-state index is -1.47. The van der Waals surface area contributed by atoms with E-state index < -0.39 is 11.3 Å². The van der Waals surface area contributed by atoms with Gasteiger partial charge in [0.1, 0.15) is 5.67 Å². The maximum atomic E-state index is 14.1. The van der Waals surface area contributed by atoms with Crippen LogP contribution in [-0.4, -0.2) is 48.4 Å². The lowest BCUT2D eigenvalue weighted by Gasteiger charge is -2.31. The van der Waals surface area contributed by atoms with E-state index >= 15 is 0 Å². The van der Waals surface area contributed by atoms with Gasteiger partial charge in [-0.25, -0.2) is 9.38 Å². The second-order valence-electron chi connectivity index (χ2n) is 5.69. The number of aliphatic imine (C=N–C) groups is 1. The van der Waals surface area contributed by atoms with Crippen LogP contribution in [0.25, 0.3) is 0 Å². The van der Waals surface area contributed by atoms with Gasteiger partial charge in [-0.2, -0.15) is 0 Å². The maximum absolute atomic E-state index is 14.1. The van der Waals surface area contributed by atoms with Crippen LogP contribution < -0.4 is 10.8 Å². The predicted molar refractivity (Wildman–Crippen MR) is 68.9 cm³/mol. The molecule has 2 N–H and O–H groups in total. The summed E-state index contributed by atoms with van der Waals surface area (Å²) in [7, 11) is 1.98. The second kappa shape index (κ2) is 4.66. The summed E-state index contributed by atoms with van der Waals surface area (Å²) < 4.78 is 14.1. The van der Waals surface area contributed by atoms with E-state index in [9.17, 15) is 4.39 Å². The molecule has 1 atom stereocenters. The van der Waals surface area contributed by atoms with Crippen molar-refractivity contribution in [2.24, 2.45) is 4.99 Å². The van der Waals surface area contributed by atoms with E-state index in [1.54, 1.807) is 6.92 Å². The highest BCUT2D eigenvalue weighted by Crippen LogP contribution is 2.31. The molecular formula is C12H23FN4O. The van der Waals surface area contributed by atoms with E-state index in [1.807, 2.05) is 7.05 Å². The Balaban J connectivity index is 2.02. The van der Waals surface area contributed by atoms with Gasteiger partial charge in [0.25, 0.3) is 0 Å². The molecule has 2 aliphatic rings. The second-order valence-corrected chi connectivity index (χ2v) is 5.69. The number of halogens is 1. The first kappa shape index (κ1) is 13.5. The van der Waals surface area contributed by atoms with Gasteiger partial charge in [0.15, 0.2) is 5.66 Å². The fourth-order valence-electron chi connectivity index (χ4n) is 2.13. The summed E-state index contributed by atoms with van der Waals surface area (Å²) in [5, 5.41) is 3.27. The smallest absolute Gasteiger partial charge is 0.309 e. The summed E-state index contributed by atoms with van der Waals surface area (Å²) >= 11 is 0. The van der Waals surface area contributed by atoms with Crippen LogP contribution in [0.2, 0.25) is 0 Å². The first-order valence-electron chi connectivity index (χ1n) is 6.51. The standard InChI is InChI=1S/C12H23FN4O/c1-11(2,13)12(3)15-10(18-16-12)17-7-5-9(14-4)6-8-17/h9,14,16H,5-8H2,1-4H3. The van der Waals surface area contributed by atoms with Crippen LogP contribution in [0.15, 0.2) is 4.99 Å². The zero-order valence-electron chi connectivity index (χ0n) is 11.6. The molecule has 5 nitrogen and oxygen atoms in total. The van der Waals surface area contributed by atoms with E-state index in [1.165, 1.54) is 13.8 Å². The Morgan fingerprint density at radius 3 is 2.56 bits per heavy atom. The minimum Gasteiger partial charge on any atom is -0.368 e. The number of nitrogens with zero attached hydrogens (tertiary/aromatic N) is 2. The Kier molecular flexibility index (Phi) is 3.51. The molecule has 2 rings (SSSR count). The molecule has 6 heteroatoms. The van der Waals surface area contributed by atoms with Crippen molar-refractivity contribution < 1.29 is 9.23 Å². The van der Waals surface area contributed by atoms with Gasteiger partial charge in [-0.3, -0.25) is 0 Å². The molecule has 0 aliphatic carbocycles. The van der Waals surface area contributed by atoms with Gasteiger partial charge in [-0.05, 0) is 40.7 Å². The van der Waals surface area contributed by atoms with E-state index in [-0.39, 0.29) is 0 Å². The highest BCUT2D eigenvalue weighted by molar-refractivity contribution is 5.75. The first-order valence-corrected chi connectivity index (χ1v) is 6.51. The van der Waals surface area contributed by atoms with Crippen LogP contribution in [-0.2, 0) is 4.84 Å². The van der Waals surface area contributed by atoms with Crippen molar-refractivity contribution in [2.75, 3.05) is 20.1 Å². The predicted octanol–water partition coefficient (Wildman–Crippen LogP) is 1.03. The van der Waals surface area contributed by atoms with Crippen molar-refractivity contribution in [3.05, 3.63) is 0 Å². The number of hydrogen-bond donors (Lipinski definition) is 2. The normalized spacial score (nSPS) is 30.3. The zero-order chi connectivity index (χ0) is 13.4. The maximum Gasteiger partial charge on any atom is 0.309 e. The van der Waals surface area contributed by atoms with Crippen molar-refractivity contribution >= 4 is 6.02 Å². The summed E-state index contributed by atoms with van der Waals surface area (Å²) in [6.07, 6.45) is 2.10. The molecule has 0 aromatic carbocycles. The molecule has 2 heterocycles. The molecule has 1 fully saturated rings. The number of hydrogen-bond acceptors (Lipinski definition) is 5. The summed E-state index contributed by atoms with van der Waals surface area (Å²) in [6.45, 7) is 6.48. The molecule has 2 aliphatic heterocycles. The largest absolute Gasteiger partial charge is 0.368 e. The van der Waals surface area contributed by atoms with Crippen LogP contribution in [0.3, 0.4) is 0 Å². The Bertz CT molecular complexity index is 333. The van der Waals surface area contributed by atoms with Gasteiger partial charge in [-0.15, -0.1) is 5.48 Å². The summed E-state index contributed by atoms with van der Waals surface area (Å²) in [5.41, 5.74) is 0.224. The topological polar surface area (TPSA) is 48.9 Å². The van der Waals surface area contributed by atoms with E-state index in [0.29, 0.717) is 12.1 Å². The highest BCUT2D eigenvalue weighted by Gasteiger charge is 2.47. The number of nitrogens with one attached hydrogen (secondary N) is 2. The Morgan fingerprint density at radius 2 is 2.11 bits per heavy atom. The number of alkyl halides is 1. The Labute approximate surface area is 108 Å². The van der Waals surface area contributed by atoms with Crippen LogP contribution in [0.1, 0.15) is 33.6 Å². The zero-order valence-corrected chi connectivity index (χ0v) is 11.6. The van der Waals surface area contributed by atoms with Crippen LogP contribution in [0.5, 0.6) is 0 Å². The lowest BCUT2D eigenvalue weighted by Crippen LogP contribution is -2.51. The van der Waals surface area contributed by atoms with Gasteiger partial charge >= 0.3 is 6.02 Å².